The van der Waals surface area contributed by atoms with Crippen LogP contribution < -0.4 is 21.3 Å². The number of rotatable bonds is 26. The van der Waals surface area contributed by atoms with Gasteiger partial charge in [-0.25, -0.2) is 4.98 Å². The van der Waals surface area contributed by atoms with Crippen LogP contribution in [0.1, 0.15) is 161 Å². The van der Waals surface area contributed by atoms with Crippen molar-refractivity contribution in [2.24, 2.45) is 23.2 Å². The second-order valence-corrected chi connectivity index (χ2v) is 19.3. The van der Waals surface area contributed by atoms with Gasteiger partial charge in [-0.05, 0) is 109 Å². The summed E-state index contributed by atoms with van der Waals surface area (Å²) in [6.07, 6.45) is 7.20. The summed E-state index contributed by atoms with van der Waals surface area (Å²) in [5, 5.41) is 25.4. The van der Waals surface area contributed by atoms with Crippen molar-refractivity contribution < 1.29 is 29.0 Å². The Morgan fingerprint density at radius 2 is 1.72 bits per heavy atom. The van der Waals surface area contributed by atoms with E-state index in [4.69, 9.17) is 9.72 Å². The molecule has 0 saturated carbocycles. The lowest BCUT2D eigenvalue weighted by atomic mass is 9.84. The maximum atomic E-state index is 14.9. The number of aromatic nitrogens is 1. The molecule has 3 rings (SSSR count). The van der Waals surface area contributed by atoms with Gasteiger partial charge in [-0.1, -0.05) is 79.4 Å². The summed E-state index contributed by atoms with van der Waals surface area (Å²) in [7, 11) is 0. The summed E-state index contributed by atoms with van der Waals surface area (Å²) >= 11 is 1.35. The normalized spacial score (nSPS) is 18.4. The van der Waals surface area contributed by atoms with Crippen LogP contribution in [0.3, 0.4) is 0 Å². The lowest BCUT2D eigenvalue weighted by Crippen LogP contribution is -2.59. The molecule has 60 heavy (non-hydrogen) atoms. The van der Waals surface area contributed by atoms with Crippen molar-refractivity contribution in [2.45, 2.75) is 177 Å². The monoisotopic (exact) mass is 855 g/mol. The van der Waals surface area contributed by atoms with E-state index in [0.29, 0.717) is 36.9 Å². The van der Waals surface area contributed by atoms with Crippen molar-refractivity contribution >= 4 is 40.7 Å². The van der Waals surface area contributed by atoms with E-state index in [-0.39, 0.29) is 59.8 Å². The fourth-order valence-corrected chi connectivity index (χ4v) is 8.88. The Morgan fingerprint density at radius 3 is 2.30 bits per heavy atom. The number of hydrogen-bond donors (Lipinski definition) is 5. The number of carboxylic acids is 1. The maximum Gasteiger partial charge on any atom is 0.309 e. The number of nitrogens with zero attached hydrogens (tertiary/aromatic N) is 2. The number of hydrogen-bond acceptors (Lipinski definition) is 9. The molecule has 3 amide bonds. The number of unbranched alkanes of at least 4 members (excludes halogenated alkanes) is 3. The van der Waals surface area contributed by atoms with Crippen LogP contribution in [0.4, 0.5) is 5.69 Å². The van der Waals surface area contributed by atoms with Crippen LogP contribution in [0.2, 0.25) is 0 Å². The molecule has 7 atom stereocenters. The molecule has 1 saturated heterocycles. The van der Waals surface area contributed by atoms with Crippen LogP contribution >= 0.6 is 11.3 Å². The van der Waals surface area contributed by atoms with E-state index in [0.717, 1.165) is 62.7 Å². The highest BCUT2D eigenvalue weighted by Crippen LogP contribution is 2.32. The molecule has 338 valence electrons. The molecule has 0 spiro atoms. The van der Waals surface area contributed by atoms with Crippen molar-refractivity contribution in [2.75, 3.05) is 25.0 Å². The number of carbonyl (C=O) groups excluding carboxylic acids is 3. The molecule has 1 aromatic carbocycles. The van der Waals surface area contributed by atoms with Crippen LogP contribution in [-0.4, -0.2) is 88.6 Å². The molecule has 1 aliphatic heterocycles. The van der Waals surface area contributed by atoms with Crippen LogP contribution in [0.25, 0.3) is 0 Å². The number of anilines is 1. The summed E-state index contributed by atoms with van der Waals surface area (Å²) in [5.41, 5.74) is 1.15. The molecular weight excluding hydrogens is 777 g/mol. The Hall–Kier alpha value is -3.55. The van der Waals surface area contributed by atoms with Crippen LogP contribution in [0.5, 0.6) is 0 Å². The Kier molecular flexibility index (Phi) is 21.0. The predicted molar refractivity (Wildman–Crippen MR) is 243 cm³/mol. The lowest BCUT2D eigenvalue weighted by Gasteiger charge is -2.40. The second kappa shape index (κ2) is 24.8. The summed E-state index contributed by atoms with van der Waals surface area (Å²) < 4.78 is 6.37. The van der Waals surface area contributed by atoms with Crippen molar-refractivity contribution in [1.29, 1.82) is 0 Å². The van der Waals surface area contributed by atoms with Gasteiger partial charge in [0.05, 0.1) is 11.5 Å². The lowest BCUT2D eigenvalue weighted by molar-refractivity contribution is -0.147. The van der Waals surface area contributed by atoms with Gasteiger partial charge in [0.1, 0.15) is 22.8 Å². The molecule has 12 nitrogen and oxygen atoms in total. The van der Waals surface area contributed by atoms with Gasteiger partial charge in [0, 0.05) is 48.8 Å². The van der Waals surface area contributed by atoms with Crippen molar-refractivity contribution in [3.05, 3.63) is 45.9 Å². The molecule has 1 aromatic heterocycles. The smallest absolute Gasteiger partial charge is 0.309 e. The summed E-state index contributed by atoms with van der Waals surface area (Å²) in [4.78, 5) is 61.5. The minimum absolute atomic E-state index is 0.0626. The molecule has 0 bridgehead atoms. The number of aliphatic carboxylic acids is 1. The first-order valence-corrected chi connectivity index (χ1v) is 23.6. The average molecular weight is 855 g/mol. The van der Waals surface area contributed by atoms with E-state index in [2.05, 4.69) is 69.7 Å². The first-order valence-electron chi connectivity index (χ1n) is 22.7. The quantitative estimate of drug-likeness (QED) is 0.0584. The molecule has 2 heterocycles. The number of carboxylic acid groups (broad SMARTS) is 1. The zero-order valence-electron chi connectivity index (χ0n) is 38.6. The standard InChI is InChI=1S/C47H78N6O6S/c1-12-15-16-17-24-53(45(56)41(33(9)13-2)52-42(54)37-25-32(8)22-23-48-37)39(30(4)5)27-40(59-14-3)44-51-38(29-60-44)43(55)50-36(28-47(10,11)46(57)58)26-34-18-20-35(21-19-34)49-31(6)7/h18-21,29-33,36-37,39-41,48-49H,12-17,22-28H2,1-11H3,(H,50,55)(H,52,54)(H,57,58)/t32-,33+,36+,37-,39-,40-,41+/m1/s1. The Bertz CT molecular complexity index is 1630. The van der Waals surface area contributed by atoms with Gasteiger partial charge in [0.15, 0.2) is 0 Å². The van der Waals surface area contributed by atoms with E-state index < -0.39 is 29.6 Å². The second-order valence-electron chi connectivity index (χ2n) is 18.4. The number of nitrogens with one attached hydrogen (secondary N) is 4. The molecule has 0 unspecified atom stereocenters. The molecule has 2 aromatic rings. The van der Waals surface area contributed by atoms with E-state index in [1.807, 2.05) is 43.0 Å². The number of carbonyl (C=O) groups is 4. The number of piperidine rings is 1. The Balaban J connectivity index is 1.90. The fourth-order valence-electron chi connectivity index (χ4n) is 8.02. The van der Waals surface area contributed by atoms with Crippen molar-refractivity contribution in [3.63, 3.8) is 0 Å². The highest BCUT2D eigenvalue weighted by molar-refractivity contribution is 7.09. The zero-order chi connectivity index (χ0) is 44.6. The summed E-state index contributed by atoms with van der Waals surface area (Å²) in [5.74, 6) is -1.05. The molecule has 1 fully saturated rings. The zero-order valence-corrected chi connectivity index (χ0v) is 39.4. The Labute approximate surface area is 365 Å². The van der Waals surface area contributed by atoms with Crippen LogP contribution in [-0.2, 0) is 25.5 Å². The average Bonchev–Trinajstić information content (AvgIpc) is 3.69. The molecule has 0 aliphatic carbocycles. The third kappa shape index (κ3) is 15.7. The van der Waals surface area contributed by atoms with E-state index in [1.54, 1.807) is 19.2 Å². The van der Waals surface area contributed by atoms with E-state index in [1.165, 1.54) is 11.3 Å². The molecule has 1 aliphatic rings. The van der Waals surface area contributed by atoms with Crippen LogP contribution in [0, 0.1) is 23.2 Å². The number of benzene rings is 1. The van der Waals surface area contributed by atoms with Crippen molar-refractivity contribution in [1.82, 2.24) is 25.8 Å². The van der Waals surface area contributed by atoms with Gasteiger partial charge >= 0.3 is 5.97 Å². The molecule has 0 radical (unpaired) electrons. The fraction of sp³-hybridized carbons (Fsp3) is 0.723. The summed E-state index contributed by atoms with van der Waals surface area (Å²) in [6.45, 7) is 23.9. The minimum Gasteiger partial charge on any atom is -0.481 e. The highest BCUT2D eigenvalue weighted by Gasteiger charge is 2.38. The van der Waals surface area contributed by atoms with Crippen molar-refractivity contribution in [3.8, 4) is 0 Å². The van der Waals surface area contributed by atoms with Gasteiger partial charge in [0.2, 0.25) is 11.8 Å². The molecule has 13 heteroatoms. The van der Waals surface area contributed by atoms with Gasteiger partial charge in [-0.3, -0.25) is 19.2 Å². The van der Waals surface area contributed by atoms with E-state index >= 15 is 0 Å². The van der Waals surface area contributed by atoms with Gasteiger partial charge in [-0.15, -0.1) is 11.3 Å². The Morgan fingerprint density at radius 1 is 1.02 bits per heavy atom. The molecule has 5 N–H and O–H groups in total. The third-order valence-corrected chi connectivity index (χ3v) is 12.8. The number of thiazole rings is 1. The first-order chi connectivity index (χ1) is 28.4. The van der Waals surface area contributed by atoms with Gasteiger partial charge in [-0.2, -0.15) is 0 Å². The minimum atomic E-state index is -1.07. The van der Waals surface area contributed by atoms with Gasteiger partial charge in [0.25, 0.3) is 5.91 Å². The highest BCUT2D eigenvalue weighted by atomic mass is 32.1. The van der Waals surface area contributed by atoms with E-state index in [9.17, 15) is 24.3 Å². The number of amides is 3. The topological polar surface area (TPSA) is 162 Å². The first kappa shape index (κ1) is 50.8. The number of ether oxygens (including phenoxy) is 1. The maximum absolute atomic E-state index is 14.9. The summed E-state index contributed by atoms with van der Waals surface area (Å²) in [6, 6.07) is 6.61. The third-order valence-electron chi connectivity index (χ3n) is 11.9. The molecular formula is C47H78N6O6S. The SMILES string of the molecule is CCCCCCN(C(=O)[C@@H](NC(=O)[C@H]1C[C@H](C)CCN1)[C@@H](C)CC)[C@H](C[C@@H](OCC)c1nc(C(=O)N[C@@H](Cc2ccc(NC(C)C)cc2)CC(C)(C)C(=O)O)cs1)C(C)C. The van der Waals surface area contributed by atoms with Gasteiger partial charge < -0.3 is 36.0 Å². The van der Waals surface area contributed by atoms with Crippen LogP contribution in [0.15, 0.2) is 29.6 Å². The largest absolute Gasteiger partial charge is 0.481 e. The predicted octanol–water partition coefficient (Wildman–Crippen LogP) is 8.63.